The highest BCUT2D eigenvalue weighted by Gasteiger charge is 2.32. The molecule has 0 aromatic carbocycles. The summed E-state index contributed by atoms with van der Waals surface area (Å²) in [6, 6.07) is 4.02. The molecule has 2 aromatic rings. The predicted molar refractivity (Wildman–Crippen MR) is 116 cm³/mol. The molecule has 8 heteroatoms. The van der Waals surface area contributed by atoms with E-state index in [4.69, 9.17) is 0 Å². The summed E-state index contributed by atoms with van der Waals surface area (Å²) in [6.07, 6.45) is 7.39. The number of rotatable bonds is 4. The number of nitrogens with one attached hydrogen (secondary N) is 2. The summed E-state index contributed by atoms with van der Waals surface area (Å²) in [6.45, 7) is 6.75. The molecule has 1 fully saturated rings. The molecule has 2 aromatic heterocycles. The Morgan fingerprint density at radius 3 is 2.81 bits per heavy atom. The van der Waals surface area contributed by atoms with Gasteiger partial charge in [-0.2, -0.15) is 10.4 Å². The minimum absolute atomic E-state index is 0.0323. The van der Waals surface area contributed by atoms with Crippen molar-refractivity contribution in [2.45, 2.75) is 65.5 Å². The standard InChI is InChI=1S/C23H28N6O2/c1-14(30)27-17-6-4-5-15(7-17)22(31)28-21-8-18(16(10-24)11-25-21)19-12-26-29-13-23(2,3)9-20(19)29/h8,11-12,15,17H,4-7,9,13H2,1-3H3,(H,27,30)(H,25,28,31)/t15-,17+/m1/s1. The van der Waals surface area contributed by atoms with E-state index in [-0.39, 0.29) is 29.2 Å². The molecule has 31 heavy (non-hydrogen) atoms. The van der Waals surface area contributed by atoms with Crippen LogP contribution < -0.4 is 10.6 Å². The third-order valence-electron chi connectivity index (χ3n) is 6.19. The van der Waals surface area contributed by atoms with Gasteiger partial charge in [0.25, 0.3) is 0 Å². The number of anilines is 1. The summed E-state index contributed by atoms with van der Waals surface area (Å²) in [5.41, 5.74) is 3.35. The zero-order chi connectivity index (χ0) is 22.2. The van der Waals surface area contributed by atoms with Crippen LogP contribution >= 0.6 is 0 Å². The molecule has 1 saturated carbocycles. The van der Waals surface area contributed by atoms with Crippen molar-refractivity contribution in [2.75, 3.05) is 5.32 Å². The van der Waals surface area contributed by atoms with Crippen LogP contribution in [-0.4, -0.2) is 32.6 Å². The molecule has 3 heterocycles. The summed E-state index contributed by atoms with van der Waals surface area (Å²) in [7, 11) is 0. The minimum Gasteiger partial charge on any atom is -0.354 e. The summed E-state index contributed by atoms with van der Waals surface area (Å²) in [5.74, 6) is 0.0893. The Morgan fingerprint density at radius 1 is 1.26 bits per heavy atom. The molecule has 162 valence electrons. The molecule has 0 bridgehead atoms. The van der Waals surface area contributed by atoms with Crippen molar-refractivity contribution in [2.24, 2.45) is 11.3 Å². The molecule has 1 aliphatic heterocycles. The van der Waals surface area contributed by atoms with Gasteiger partial charge in [-0.25, -0.2) is 4.98 Å². The van der Waals surface area contributed by atoms with E-state index in [1.54, 1.807) is 12.3 Å². The summed E-state index contributed by atoms with van der Waals surface area (Å²) < 4.78 is 2.00. The molecule has 2 amide bonds. The number of fused-ring (bicyclic) bond motifs is 1. The maximum atomic E-state index is 12.9. The molecule has 4 rings (SSSR count). The average Bonchev–Trinajstić information content (AvgIpc) is 3.22. The van der Waals surface area contributed by atoms with Gasteiger partial charge in [-0.3, -0.25) is 14.3 Å². The highest BCUT2D eigenvalue weighted by Crippen LogP contribution is 2.38. The number of aromatic nitrogens is 3. The smallest absolute Gasteiger partial charge is 0.228 e. The van der Waals surface area contributed by atoms with E-state index in [2.05, 4.69) is 40.6 Å². The van der Waals surface area contributed by atoms with E-state index in [1.165, 1.54) is 13.1 Å². The van der Waals surface area contributed by atoms with Crippen LogP contribution in [0.1, 0.15) is 57.7 Å². The van der Waals surface area contributed by atoms with Crippen LogP contribution in [0, 0.1) is 22.7 Å². The van der Waals surface area contributed by atoms with Crippen LogP contribution in [0.4, 0.5) is 5.82 Å². The minimum atomic E-state index is -0.173. The Morgan fingerprint density at radius 2 is 2.06 bits per heavy atom. The topological polar surface area (TPSA) is 113 Å². The van der Waals surface area contributed by atoms with Crippen LogP contribution in [0.25, 0.3) is 11.1 Å². The molecule has 2 aliphatic rings. The highest BCUT2D eigenvalue weighted by atomic mass is 16.2. The van der Waals surface area contributed by atoms with Gasteiger partial charge in [-0.1, -0.05) is 20.3 Å². The SMILES string of the molecule is CC(=O)N[C@H]1CCC[C@@H](C(=O)Nc2cc(-c3cnn4c3CC(C)(C)C4)c(C#N)cn2)C1. The molecule has 0 unspecified atom stereocenters. The van der Waals surface area contributed by atoms with E-state index in [0.29, 0.717) is 17.8 Å². The molecular weight excluding hydrogens is 392 g/mol. The number of carbonyl (C=O) groups excluding carboxylic acids is 2. The number of nitrogens with zero attached hydrogens (tertiary/aromatic N) is 4. The zero-order valence-corrected chi connectivity index (χ0v) is 18.2. The number of carbonyl (C=O) groups is 2. The first-order chi connectivity index (χ1) is 14.8. The lowest BCUT2D eigenvalue weighted by molar-refractivity contribution is -0.123. The van der Waals surface area contributed by atoms with Gasteiger partial charge in [0.05, 0.1) is 11.8 Å². The first-order valence-corrected chi connectivity index (χ1v) is 10.8. The Bertz CT molecular complexity index is 1060. The van der Waals surface area contributed by atoms with Gasteiger partial charge >= 0.3 is 0 Å². The number of hydrogen-bond acceptors (Lipinski definition) is 5. The van der Waals surface area contributed by atoms with E-state index in [9.17, 15) is 14.9 Å². The normalized spacial score (nSPS) is 21.7. The Labute approximate surface area is 182 Å². The monoisotopic (exact) mass is 420 g/mol. The largest absolute Gasteiger partial charge is 0.354 e. The highest BCUT2D eigenvalue weighted by molar-refractivity contribution is 5.92. The summed E-state index contributed by atoms with van der Waals surface area (Å²) in [5, 5.41) is 20.0. The fourth-order valence-electron chi connectivity index (χ4n) is 4.78. The Kier molecular flexibility index (Phi) is 5.52. The van der Waals surface area contributed by atoms with Gasteiger partial charge in [0.2, 0.25) is 11.8 Å². The molecule has 1 aliphatic carbocycles. The van der Waals surface area contributed by atoms with E-state index in [0.717, 1.165) is 49.0 Å². The molecular formula is C23H28N6O2. The molecule has 2 N–H and O–H groups in total. The number of pyridine rings is 1. The Hall–Kier alpha value is -3.21. The van der Waals surface area contributed by atoms with Crippen molar-refractivity contribution < 1.29 is 9.59 Å². The lowest BCUT2D eigenvalue weighted by Gasteiger charge is -2.28. The second-order valence-corrected chi connectivity index (χ2v) is 9.48. The summed E-state index contributed by atoms with van der Waals surface area (Å²) >= 11 is 0. The first kappa shape index (κ1) is 21.0. The second-order valence-electron chi connectivity index (χ2n) is 9.48. The van der Waals surface area contributed by atoms with Gasteiger partial charge < -0.3 is 10.6 Å². The third-order valence-corrected chi connectivity index (χ3v) is 6.19. The fraction of sp³-hybridized carbons (Fsp3) is 0.522. The lowest BCUT2D eigenvalue weighted by atomic mass is 9.85. The van der Waals surface area contributed by atoms with Crippen LogP contribution in [0.2, 0.25) is 0 Å². The molecule has 0 radical (unpaired) electrons. The van der Waals surface area contributed by atoms with Crippen LogP contribution in [0.3, 0.4) is 0 Å². The van der Waals surface area contributed by atoms with Gasteiger partial charge in [0.1, 0.15) is 11.9 Å². The van der Waals surface area contributed by atoms with E-state index in [1.807, 2.05) is 4.68 Å². The van der Waals surface area contributed by atoms with Crippen molar-refractivity contribution in [3.8, 4) is 17.2 Å². The van der Waals surface area contributed by atoms with Crippen LogP contribution in [0.15, 0.2) is 18.5 Å². The molecule has 0 saturated heterocycles. The second kappa shape index (κ2) is 8.14. The van der Waals surface area contributed by atoms with Crippen molar-refractivity contribution in [3.05, 3.63) is 29.7 Å². The lowest BCUT2D eigenvalue weighted by Crippen LogP contribution is -2.40. The number of nitriles is 1. The predicted octanol–water partition coefficient (Wildman–Crippen LogP) is 3.03. The maximum Gasteiger partial charge on any atom is 0.228 e. The maximum absolute atomic E-state index is 12.9. The first-order valence-electron chi connectivity index (χ1n) is 10.8. The fourth-order valence-corrected chi connectivity index (χ4v) is 4.78. The molecule has 8 nitrogen and oxygen atoms in total. The van der Waals surface area contributed by atoms with Crippen molar-refractivity contribution >= 4 is 17.6 Å². The van der Waals surface area contributed by atoms with Crippen molar-refractivity contribution in [3.63, 3.8) is 0 Å². The zero-order valence-electron chi connectivity index (χ0n) is 18.2. The van der Waals surface area contributed by atoms with Crippen molar-refractivity contribution in [1.29, 1.82) is 5.26 Å². The van der Waals surface area contributed by atoms with E-state index >= 15 is 0 Å². The van der Waals surface area contributed by atoms with Gasteiger partial charge in [-0.05, 0) is 37.2 Å². The quantitative estimate of drug-likeness (QED) is 0.789. The van der Waals surface area contributed by atoms with Crippen molar-refractivity contribution in [1.82, 2.24) is 20.1 Å². The third kappa shape index (κ3) is 4.46. The average molecular weight is 421 g/mol. The van der Waals surface area contributed by atoms with Crippen LogP contribution in [0.5, 0.6) is 0 Å². The van der Waals surface area contributed by atoms with Gasteiger partial charge in [0, 0.05) is 48.4 Å². The van der Waals surface area contributed by atoms with Crippen LogP contribution in [-0.2, 0) is 22.6 Å². The van der Waals surface area contributed by atoms with E-state index < -0.39 is 0 Å². The molecule has 0 spiro atoms. The Balaban J connectivity index is 1.55. The number of amides is 2. The summed E-state index contributed by atoms with van der Waals surface area (Å²) in [4.78, 5) is 28.5. The van der Waals surface area contributed by atoms with Gasteiger partial charge in [-0.15, -0.1) is 0 Å². The number of hydrogen-bond donors (Lipinski definition) is 2. The van der Waals surface area contributed by atoms with Gasteiger partial charge in [0.15, 0.2) is 0 Å². The molecule has 2 atom stereocenters.